The minimum absolute atomic E-state index is 0.471. The molecular formula is C12H16N2O2. The van der Waals surface area contributed by atoms with Crippen LogP contribution < -0.4 is 15.2 Å². The lowest BCUT2D eigenvalue weighted by atomic mass is 10.2. The molecule has 86 valence electrons. The Morgan fingerprint density at radius 2 is 2.19 bits per heavy atom. The second-order valence-corrected chi connectivity index (χ2v) is 3.30. The number of rotatable bonds is 6. The Morgan fingerprint density at radius 3 is 2.81 bits per heavy atom. The van der Waals surface area contributed by atoms with Gasteiger partial charge in [0.05, 0.1) is 19.8 Å². The van der Waals surface area contributed by atoms with Crippen molar-refractivity contribution in [3.05, 3.63) is 23.8 Å². The molecule has 2 N–H and O–H groups in total. The van der Waals surface area contributed by atoms with Gasteiger partial charge in [0.2, 0.25) is 0 Å². The van der Waals surface area contributed by atoms with Gasteiger partial charge in [-0.05, 0) is 24.1 Å². The van der Waals surface area contributed by atoms with Crippen LogP contribution in [0.4, 0.5) is 0 Å². The minimum Gasteiger partial charge on any atom is -0.493 e. The molecule has 0 amide bonds. The summed E-state index contributed by atoms with van der Waals surface area (Å²) in [5, 5.41) is 8.40. The fourth-order valence-corrected chi connectivity index (χ4v) is 1.29. The molecule has 0 atom stereocenters. The molecule has 0 aliphatic heterocycles. The summed E-state index contributed by atoms with van der Waals surface area (Å²) in [6, 6.07) is 7.68. The molecule has 0 fully saturated rings. The molecule has 4 heteroatoms. The zero-order valence-electron chi connectivity index (χ0n) is 9.40. The molecule has 0 aliphatic carbocycles. The molecule has 0 heterocycles. The number of benzene rings is 1. The average Bonchev–Trinajstić information content (AvgIpc) is 2.34. The van der Waals surface area contributed by atoms with Gasteiger partial charge in [-0.25, -0.2) is 0 Å². The van der Waals surface area contributed by atoms with E-state index in [1.807, 2.05) is 18.2 Å². The van der Waals surface area contributed by atoms with E-state index in [1.54, 1.807) is 7.11 Å². The Labute approximate surface area is 95.6 Å². The second kappa shape index (κ2) is 6.70. The highest BCUT2D eigenvalue weighted by molar-refractivity contribution is 5.42. The minimum atomic E-state index is 0.471. The average molecular weight is 220 g/mol. The van der Waals surface area contributed by atoms with Crippen molar-refractivity contribution in [2.24, 2.45) is 5.73 Å². The van der Waals surface area contributed by atoms with E-state index in [0.717, 1.165) is 5.56 Å². The van der Waals surface area contributed by atoms with Crippen molar-refractivity contribution in [2.45, 2.75) is 19.4 Å². The molecule has 1 rings (SSSR count). The molecule has 0 aromatic heterocycles. The molecule has 1 aromatic rings. The Hall–Kier alpha value is -1.73. The second-order valence-electron chi connectivity index (χ2n) is 3.30. The SMILES string of the molecule is COc1ccc(CN)cc1OCCCC#N. The van der Waals surface area contributed by atoms with Gasteiger partial charge >= 0.3 is 0 Å². The number of hydrogen-bond acceptors (Lipinski definition) is 4. The highest BCUT2D eigenvalue weighted by Gasteiger charge is 2.04. The molecule has 0 spiro atoms. The lowest BCUT2D eigenvalue weighted by Crippen LogP contribution is -2.01. The van der Waals surface area contributed by atoms with Crippen LogP contribution in [0.2, 0.25) is 0 Å². The first kappa shape index (κ1) is 12.3. The topological polar surface area (TPSA) is 68.3 Å². The Bertz CT molecular complexity index is 372. The Balaban J connectivity index is 2.64. The first-order chi connectivity index (χ1) is 7.81. The third kappa shape index (κ3) is 3.44. The molecule has 4 nitrogen and oxygen atoms in total. The maximum Gasteiger partial charge on any atom is 0.161 e. The first-order valence-corrected chi connectivity index (χ1v) is 5.18. The van der Waals surface area contributed by atoms with Crippen LogP contribution in [0.1, 0.15) is 18.4 Å². The maximum absolute atomic E-state index is 8.40. The summed E-state index contributed by atoms with van der Waals surface area (Å²) in [6.45, 7) is 0.983. The van der Waals surface area contributed by atoms with E-state index in [4.69, 9.17) is 20.5 Å². The standard InChI is InChI=1S/C12H16N2O2/c1-15-11-5-4-10(9-14)8-12(11)16-7-3-2-6-13/h4-5,8H,2-3,7,9,14H2,1H3. The van der Waals surface area contributed by atoms with E-state index in [9.17, 15) is 0 Å². The predicted molar refractivity (Wildman–Crippen MR) is 61.2 cm³/mol. The molecule has 0 radical (unpaired) electrons. The Kier molecular flexibility index (Phi) is 5.17. The van der Waals surface area contributed by atoms with Crippen molar-refractivity contribution in [3.8, 4) is 17.6 Å². The number of hydrogen-bond donors (Lipinski definition) is 1. The summed E-state index contributed by atoms with van der Waals surface area (Å²) in [6.07, 6.45) is 1.21. The van der Waals surface area contributed by atoms with Gasteiger partial charge in [0.15, 0.2) is 11.5 Å². The van der Waals surface area contributed by atoms with E-state index in [2.05, 4.69) is 6.07 Å². The van der Waals surface area contributed by atoms with E-state index < -0.39 is 0 Å². The van der Waals surface area contributed by atoms with Crippen molar-refractivity contribution < 1.29 is 9.47 Å². The lowest BCUT2D eigenvalue weighted by molar-refractivity contribution is 0.290. The van der Waals surface area contributed by atoms with Crippen LogP contribution in [0, 0.1) is 11.3 Å². The zero-order chi connectivity index (χ0) is 11.8. The number of nitrogens with zero attached hydrogens (tertiary/aromatic N) is 1. The van der Waals surface area contributed by atoms with Crippen LogP contribution >= 0.6 is 0 Å². The van der Waals surface area contributed by atoms with Crippen molar-refractivity contribution >= 4 is 0 Å². The number of methoxy groups -OCH3 is 1. The van der Waals surface area contributed by atoms with E-state index >= 15 is 0 Å². The van der Waals surface area contributed by atoms with Gasteiger partial charge in [-0.1, -0.05) is 6.07 Å². The summed E-state index contributed by atoms with van der Waals surface area (Å²) in [4.78, 5) is 0. The fraction of sp³-hybridized carbons (Fsp3) is 0.417. The van der Waals surface area contributed by atoms with Gasteiger partial charge in [0.1, 0.15) is 0 Å². The van der Waals surface area contributed by atoms with Crippen LogP contribution in [0.15, 0.2) is 18.2 Å². The fourth-order valence-electron chi connectivity index (χ4n) is 1.29. The monoisotopic (exact) mass is 220 g/mol. The highest BCUT2D eigenvalue weighted by atomic mass is 16.5. The van der Waals surface area contributed by atoms with Gasteiger partial charge in [-0.3, -0.25) is 0 Å². The van der Waals surface area contributed by atoms with Gasteiger partial charge in [0.25, 0.3) is 0 Å². The van der Waals surface area contributed by atoms with Crippen LogP contribution in [-0.4, -0.2) is 13.7 Å². The summed E-state index contributed by atoms with van der Waals surface area (Å²) in [7, 11) is 1.60. The quantitative estimate of drug-likeness (QED) is 0.743. The molecule has 1 aromatic carbocycles. The summed E-state index contributed by atoms with van der Waals surface area (Å²) < 4.78 is 10.7. The highest BCUT2D eigenvalue weighted by Crippen LogP contribution is 2.28. The molecule has 0 unspecified atom stereocenters. The molecular weight excluding hydrogens is 204 g/mol. The maximum atomic E-state index is 8.40. The first-order valence-electron chi connectivity index (χ1n) is 5.18. The van der Waals surface area contributed by atoms with E-state index in [1.165, 1.54) is 0 Å². The molecule has 0 saturated carbocycles. The van der Waals surface area contributed by atoms with Crippen molar-refractivity contribution in [1.82, 2.24) is 0 Å². The van der Waals surface area contributed by atoms with Crippen LogP contribution in [0.5, 0.6) is 11.5 Å². The van der Waals surface area contributed by atoms with Crippen molar-refractivity contribution in [2.75, 3.05) is 13.7 Å². The molecule has 16 heavy (non-hydrogen) atoms. The predicted octanol–water partition coefficient (Wildman–Crippen LogP) is 1.84. The summed E-state index contributed by atoms with van der Waals surface area (Å²) in [5.41, 5.74) is 6.54. The number of nitriles is 1. The van der Waals surface area contributed by atoms with Gasteiger partial charge in [0, 0.05) is 13.0 Å². The van der Waals surface area contributed by atoms with E-state index in [-0.39, 0.29) is 0 Å². The van der Waals surface area contributed by atoms with Crippen LogP contribution in [0.25, 0.3) is 0 Å². The smallest absolute Gasteiger partial charge is 0.161 e. The zero-order valence-corrected chi connectivity index (χ0v) is 9.40. The van der Waals surface area contributed by atoms with Crippen molar-refractivity contribution in [3.63, 3.8) is 0 Å². The van der Waals surface area contributed by atoms with Crippen LogP contribution in [-0.2, 0) is 6.54 Å². The van der Waals surface area contributed by atoms with Crippen LogP contribution in [0.3, 0.4) is 0 Å². The molecule has 0 bridgehead atoms. The Morgan fingerprint density at radius 1 is 1.38 bits per heavy atom. The van der Waals surface area contributed by atoms with Gasteiger partial charge in [-0.15, -0.1) is 0 Å². The normalized spacial score (nSPS) is 9.56. The number of nitrogens with two attached hydrogens (primary N) is 1. The van der Waals surface area contributed by atoms with Gasteiger partial charge in [-0.2, -0.15) is 5.26 Å². The number of unbranched alkanes of at least 4 members (excludes halogenated alkanes) is 1. The molecule has 0 saturated heterocycles. The lowest BCUT2D eigenvalue weighted by Gasteiger charge is -2.11. The largest absolute Gasteiger partial charge is 0.493 e. The summed E-state index contributed by atoms with van der Waals surface area (Å²) >= 11 is 0. The third-order valence-electron chi connectivity index (χ3n) is 2.15. The molecule has 0 aliphatic rings. The number of ether oxygens (including phenoxy) is 2. The van der Waals surface area contributed by atoms with Crippen molar-refractivity contribution in [1.29, 1.82) is 5.26 Å². The third-order valence-corrected chi connectivity index (χ3v) is 2.15. The van der Waals surface area contributed by atoms with Gasteiger partial charge < -0.3 is 15.2 Å². The summed E-state index contributed by atoms with van der Waals surface area (Å²) in [5.74, 6) is 1.37. The van der Waals surface area contributed by atoms with E-state index in [0.29, 0.717) is 37.5 Å².